The zero-order valence-electron chi connectivity index (χ0n) is 9.43. The molecule has 0 spiro atoms. The molecule has 0 saturated heterocycles. The van der Waals surface area contributed by atoms with Crippen molar-refractivity contribution in [2.45, 2.75) is 13.5 Å². The van der Waals surface area contributed by atoms with E-state index in [2.05, 4.69) is 28.0 Å². The Labute approximate surface area is 103 Å². The summed E-state index contributed by atoms with van der Waals surface area (Å²) in [4.78, 5) is 4.37. The highest BCUT2D eigenvalue weighted by Crippen LogP contribution is 2.20. The molecule has 1 N–H and O–H groups in total. The first kappa shape index (κ1) is 10.4. The average molecular weight is 244 g/mol. The van der Waals surface area contributed by atoms with E-state index in [-0.39, 0.29) is 0 Å². The minimum Gasteiger partial charge on any atom is -0.424 e. The third kappa shape index (κ3) is 2.03. The van der Waals surface area contributed by atoms with Crippen molar-refractivity contribution in [3.8, 4) is 0 Å². The van der Waals surface area contributed by atoms with E-state index >= 15 is 0 Å². The van der Waals surface area contributed by atoms with Gasteiger partial charge in [0.15, 0.2) is 5.58 Å². The Morgan fingerprint density at radius 2 is 2.18 bits per heavy atom. The molecule has 0 unspecified atom stereocenters. The van der Waals surface area contributed by atoms with Crippen LogP contribution in [0.5, 0.6) is 0 Å². The minimum absolute atomic E-state index is 0.580. The molecule has 3 nitrogen and oxygen atoms in total. The van der Waals surface area contributed by atoms with Crippen LogP contribution in [-0.4, -0.2) is 4.98 Å². The number of thiophene rings is 1. The summed E-state index contributed by atoms with van der Waals surface area (Å²) >= 11 is 1.72. The lowest BCUT2D eigenvalue weighted by Gasteiger charge is -2.00. The second-order valence-corrected chi connectivity index (χ2v) is 4.66. The zero-order chi connectivity index (χ0) is 11.7. The summed E-state index contributed by atoms with van der Waals surface area (Å²) in [5.41, 5.74) is 4.30. The standard InChI is InChI=1S/C13H12N2OS/c1-9-7-17-8-10(9)6-14-13-15-11-4-2-3-5-12(11)16-13/h2-5,7-8H,6H2,1H3,(H,14,15). The number of fused-ring (bicyclic) bond motifs is 1. The van der Waals surface area contributed by atoms with Gasteiger partial charge in [-0.15, -0.1) is 0 Å². The van der Waals surface area contributed by atoms with E-state index in [0.29, 0.717) is 6.01 Å². The van der Waals surface area contributed by atoms with E-state index in [1.165, 1.54) is 11.1 Å². The van der Waals surface area contributed by atoms with Gasteiger partial charge >= 0.3 is 0 Å². The van der Waals surface area contributed by atoms with Crippen LogP contribution >= 0.6 is 11.3 Å². The van der Waals surface area contributed by atoms with Gasteiger partial charge in [-0.05, 0) is 40.9 Å². The maximum Gasteiger partial charge on any atom is 0.295 e. The first-order valence-corrected chi connectivity index (χ1v) is 6.38. The number of nitrogens with zero attached hydrogens (tertiary/aromatic N) is 1. The Morgan fingerprint density at radius 1 is 1.29 bits per heavy atom. The van der Waals surface area contributed by atoms with Crippen LogP contribution in [0.1, 0.15) is 11.1 Å². The lowest BCUT2D eigenvalue weighted by atomic mass is 10.2. The lowest BCUT2D eigenvalue weighted by molar-refractivity contribution is 0.614. The van der Waals surface area contributed by atoms with Crippen molar-refractivity contribution < 1.29 is 4.42 Å². The highest BCUT2D eigenvalue weighted by atomic mass is 32.1. The van der Waals surface area contributed by atoms with E-state index in [4.69, 9.17) is 4.42 Å². The molecule has 0 amide bonds. The van der Waals surface area contributed by atoms with E-state index < -0.39 is 0 Å². The second kappa shape index (κ2) is 4.22. The van der Waals surface area contributed by atoms with Crippen molar-refractivity contribution in [2.75, 3.05) is 5.32 Å². The van der Waals surface area contributed by atoms with Crippen molar-refractivity contribution in [2.24, 2.45) is 0 Å². The molecule has 1 aromatic carbocycles. The van der Waals surface area contributed by atoms with Gasteiger partial charge < -0.3 is 9.73 Å². The van der Waals surface area contributed by atoms with E-state index in [1.807, 2.05) is 24.3 Å². The number of rotatable bonds is 3. The summed E-state index contributed by atoms with van der Waals surface area (Å²) in [5.74, 6) is 0. The lowest BCUT2D eigenvalue weighted by Crippen LogP contribution is -1.99. The molecule has 3 rings (SSSR count). The Morgan fingerprint density at radius 3 is 2.94 bits per heavy atom. The number of benzene rings is 1. The molecule has 4 heteroatoms. The molecule has 17 heavy (non-hydrogen) atoms. The monoisotopic (exact) mass is 244 g/mol. The summed E-state index contributed by atoms with van der Waals surface area (Å²) in [5, 5.41) is 7.49. The average Bonchev–Trinajstić information content (AvgIpc) is 2.92. The molecule has 2 heterocycles. The summed E-state index contributed by atoms with van der Waals surface area (Å²) < 4.78 is 5.59. The maximum atomic E-state index is 5.59. The van der Waals surface area contributed by atoms with Crippen molar-refractivity contribution in [3.63, 3.8) is 0 Å². The van der Waals surface area contributed by atoms with Gasteiger partial charge in [-0.3, -0.25) is 0 Å². The number of aryl methyl sites for hydroxylation is 1. The highest BCUT2D eigenvalue weighted by molar-refractivity contribution is 7.08. The molecule has 0 aliphatic heterocycles. The van der Waals surface area contributed by atoms with Gasteiger partial charge in [0.1, 0.15) is 5.52 Å². The number of anilines is 1. The summed E-state index contributed by atoms with van der Waals surface area (Å²) in [7, 11) is 0. The first-order chi connectivity index (χ1) is 8.33. The molecule has 0 saturated carbocycles. The first-order valence-electron chi connectivity index (χ1n) is 5.44. The molecule has 86 valence electrons. The number of hydrogen-bond acceptors (Lipinski definition) is 4. The van der Waals surface area contributed by atoms with Crippen LogP contribution in [0.4, 0.5) is 6.01 Å². The number of aromatic nitrogens is 1. The Balaban J connectivity index is 1.79. The topological polar surface area (TPSA) is 38.1 Å². The number of para-hydroxylation sites is 2. The molecule has 2 aromatic heterocycles. The predicted molar refractivity (Wildman–Crippen MR) is 70.4 cm³/mol. The Bertz CT molecular complexity index is 608. The van der Waals surface area contributed by atoms with Crippen molar-refractivity contribution in [1.82, 2.24) is 4.98 Å². The second-order valence-electron chi connectivity index (χ2n) is 3.92. The SMILES string of the molecule is Cc1cscc1CNc1nc2ccccc2o1. The van der Waals surface area contributed by atoms with Crippen LogP contribution in [0.25, 0.3) is 11.1 Å². The molecule has 0 atom stereocenters. The van der Waals surface area contributed by atoms with E-state index in [1.54, 1.807) is 11.3 Å². The van der Waals surface area contributed by atoms with Gasteiger partial charge in [0.2, 0.25) is 0 Å². The van der Waals surface area contributed by atoms with Crippen LogP contribution in [0.3, 0.4) is 0 Å². The Hall–Kier alpha value is -1.81. The van der Waals surface area contributed by atoms with E-state index in [0.717, 1.165) is 17.6 Å². The summed E-state index contributed by atoms with van der Waals surface area (Å²) in [6.45, 7) is 2.86. The fraction of sp³-hybridized carbons (Fsp3) is 0.154. The van der Waals surface area contributed by atoms with Gasteiger partial charge in [-0.25, -0.2) is 0 Å². The fourth-order valence-electron chi connectivity index (χ4n) is 1.69. The quantitative estimate of drug-likeness (QED) is 0.761. The molecular weight excluding hydrogens is 232 g/mol. The van der Waals surface area contributed by atoms with Crippen LogP contribution in [0.2, 0.25) is 0 Å². The molecule has 0 aliphatic rings. The third-order valence-corrected chi connectivity index (χ3v) is 3.60. The maximum absolute atomic E-state index is 5.59. The smallest absolute Gasteiger partial charge is 0.295 e. The molecule has 0 radical (unpaired) electrons. The number of hydrogen-bond donors (Lipinski definition) is 1. The number of nitrogens with one attached hydrogen (secondary N) is 1. The van der Waals surface area contributed by atoms with Gasteiger partial charge in [0.25, 0.3) is 6.01 Å². The van der Waals surface area contributed by atoms with Gasteiger partial charge in [0, 0.05) is 6.54 Å². The summed E-state index contributed by atoms with van der Waals surface area (Å²) in [6, 6.07) is 8.35. The third-order valence-electron chi connectivity index (χ3n) is 2.69. The summed E-state index contributed by atoms with van der Waals surface area (Å²) in [6.07, 6.45) is 0. The fourth-order valence-corrected chi connectivity index (χ4v) is 2.54. The van der Waals surface area contributed by atoms with E-state index in [9.17, 15) is 0 Å². The largest absolute Gasteiger partial charge is 0.424 e. The Kier molecular flexibility index (Phi) is 2.57. The van der Waals surface area contributed by atoms with Crippen LogP contribution < -0.4 is 5.32 Å². The van der Waals surface area contributed by atoms with Gasteiger partial charge in [0.05, 0.1) is 0 Å². The highest BCUT2D eigenvalue weighted by Gasteiger charge is 2.05. The van der Waals surface area contributed by atoms with Crippen molar-refractivity contribution in [3.05, 3.63) is 46.2 Å². The molecule has 0 aliphatic carbocycles. The predicted octanol–water partition coefficient (Wildman–Crippen LogP) is 3.81. The van der Waals surface area contributed by atoms with Gasteiger partial charge in [-0.1, -0.05) is 12.1 Å². The molecule has 3 aromatic rings. The molecule has 0 fully saturated rings. The molecular formula is C13H12N2OS. The van der Waals surface area contributed by atoms with Crippen LogP contribution in [0.15, 0.2) is 39.4 Å². The molecule has 0 bridgehead atoms. The van der Waals surface area contributed by atoms with Crippen molar-refractivity contribution >= 4 is 28.5 Å². The normalized spacial score (nSPS) is 10.9. The minimum atomic E-state index is 0.580. The van der Waals surface area contributed by atoms with Gasteiger partial charge in [-0.2, -0.15) is 16.3 Å². The number of oxazole rings is 1. The zero-order valence-corrected chi connectivity index (χ0v) is 10.3. The van der Waals surface area contributed by atoms with Crippen LogP contribution in [0, 0.1) is 6.92 Å². The van der Waals surface area contributed by atoms with Crippen molar-refractivity contribution in [1.29, 1.82) is 0 Å². The van der Waals surface area contributed by atoms with Crippen LogP contribution in [-0.2, 0) is 6.54 Å².